The molecule has 0 spiro atoms. The number of dihydropyridines is 1. The lowest BCUT2D eigenvalue weighted by molar-refractivity contribution is 0.0167. The zero-order chi connectivity index (χ0) is 37.2. The molecule has 1 aromatic heterocycles. The van der Waals surface area contributed by atoms with E-state index in [-0.39, 0.29) is 36.4 Å². The predicted octanol–water partition coefficient (Wildman–Crippen LogP) is 6.40. The molecule has 1 saturated heterocycles. The smallest absolute Gasteiger partial charge is 0.161 e. The van der Waals surface area contributed by atoms with Crippen LogP contribution >= 0.6 is 0 Å². The lowest BCUT2D eigenvalue weighted by atomic mass is 9.68. The molecule has 5 heterocycles. The topological polar surface area (TPSA) is 131 Å². The summed E-state index contributed by atoms with van der Waals surface area (Å²) in [4.78, 5) is 0. The zero-order valence-corrected chi connectivity index (χ0v) is 31.0. The number of rotatable bonds is 3. The van der Waals surface area contributed by atoms with Crippen molar-refractivity contribution in [1.82, 2.24) is 9.88 Å². The minimum Gasteiger partial charge on any atom is -0.504 e. The van der Waals surface area contributed by atoms with Crippen LogP contribution in [-0.4, -0.2) is 58.1 Å². The lowest BCUT2D eigenvalue weighted by Gasteiger charge is -2.39. The number of aliphatic hydroxyl groups is 2. The SMILES string of the molecule is C[C@H]1C#CC2=CC(N)NC3=C2CO[C@@H](CCC1)C[C@H](O)CCc1cc(c(O)cc1CO)OCc1cc(C2(c4ccccc4)CCOCC2)cc2cn3cc12. The predicted molar refractivity (Wildman–Crippen MR) is 209 cm³/mol. The molecule has 9 nitrogen and oxygen atoms in total. The van der Waals surface area contributed by atoms with Crippen molar-refractivity contribution in [3.8, 4) is 23.3 Å². The van der Waals surface area contributed by atoms with E-state index in [1.807, 2.05) is 12.1 Å². The number of aryl methyl sites for hydroxylation is 1. The molecule has 4 aliphatic rings. The molecule has 9 heteroatoms. The van der Waals surface area contributed by atoms with Crippen molar-refractivity contribution in [2.75, 3.05) is 19.8 Å². The molecule has 1 unspecified atom stereocenters. The summed E-state index contributed by atoms with van der Waals surface area (Å²) in [6.45, 7) is 3.77. The van der Waals surface area contributed by atoms with Gasteiger partial charge in [0.25, 0.3) is 0 Å². The number of nitrogens with zero attached hydrogens (tertiary/aromatic N) is 1. The lowest BCUT2D eigenvalue weighted by Crippen LogP contribution is -2.40. The van der Waals surface area contributed by atoms with Crippen molar-refractivity contribution >= 4 is 16.6 Å². The van der Waals surface area contributed by atoms with Crippen LogP contribution in [0.5, 0.6) is 11.5 Å². The average Bonchev–Trinajstić information content (AvgIpc) is 3.61. The highest BCUT2D eigenvalue weighted by Crippen LogP contribution is 2.44. The van der Waals surface area contributed by atoms with Gasteiger partial charge in [-0.1, -0.05) is 55.2 Å². The third kappa shape index (κ3) is 7.42. The van der Waals surface area contributed by atoms with Gasteiger partial charge in [-0.2, -0.15) is 0 Å². The molecule has 6 bridgehead atoms. The van der Waals surface area contributed by atoms with E-state index in [9.17, 15) is 15.3 Å². The molecular weight excluding hydrogens is 679 g/mol. The van der Waals surface area contributed by atoms with Gasteiger partial charge in [-0.05, 0) is 103 Å². The molecule has 54 heavy (non-hydrogen) atoms. The maximum Gasteiger partial charge on any atom is 0.161 e. The van der Waals surface area contributed by atoms with Crippen molar-refractivity contribution in [3.05, 3.63) is 112 Å². The van der Waals surface area contributed by atoms with E-state index < -0.39 is 12.3 Å². The van der Waals surface area contributed by atoms with Crippen LogP contribution in [0.25, 0.3) is 16.6 Å². The first kappa shape index (κ1) is 36.4. The standard InChI is InChI=1S/C45H51N3O6/c1-29-6-5-9-38-23-37(50)13-12-30-21-42(41(51)20-33(30)26-49)54-27-34-19-36(45(14-16-52-17-15-45)35-7-3-2-4-8-35)18-32-24-48(25-39(32)34)44-40(28-53-38)31(11-10-29)22-43(46)47-44/h2-4,7-8,18-22,24-25,29,37-38,43,47,49-51H,5-6,9,12-17,23,26-28,46H2,1H3/t29-,37-,38+,43?/m1/s1. The number of phenols is 1. The number of fused-ring (bicyclic) bond motifs is 6. The van der Waals surface area contributed by atoms with Gasteiger partial charge in [0.2, 0.25) is 0 Å². The summed E-state index contributed by atoms with van der Waals surface area (Å²) in [5.74, 6) is 8.27. The first-order valence-corrected chi connectivity index (χ1v) is 19.5. The van der Waals surface area contributed by atoms with Gasteiger partial charge in [0.15, 0.2) is 11.5 Å². The highest BCUT2D eigenvalue weighted by molar-refractivity contribution is 5.88. The van der Waals surface area contributed by atoms with E-state index in [0.717, 1.165) is 71.0 Å². The van der Waals surface area contributed by atoms with E-state index in [4.69, 9.17) is 19.9 Å². The Bertz CT molecular complexity index is 2120. The Labute approximate surface area is 317 Å². The number of aromatic hydroxyl groups is 1. The van der Waals surface area contributed by atoms with Crippen molar-refractivity contribution < 1.29 is 29.5 Å². The minimum atomic E-state index is -0.622. The molecule has 0 saturated carbocycles. The van der Waals surface area contributed by atoms with Crippen LogP contribution < -0.4 is 15.8 Å². The molecule has 6 N–H and O–H groups in total. The van der Waals surface area contributed by atoms with Gasteiger partial charge in [0, 0.05) is 58.9 Å². The van der Waals surface area contributed by atoms with Crippen LogP contribution in [0.15, 0.2) is 84.2 Å². The number of aromatic nitrogens is 1. The Morgan fingerprint density at radius 2 is 1.81 bits per heavy atom. The number of nitrogens with one attached hydrogen (secondary N) is 1. The van der Waals surface area contributed by atoms with Crippen LogP contribution in [0.3, 0.4) is 0 Å². The fourth-order valence-electron chi connectivity index (χ4n) is 8.71. The second-order valence-corrected chi connectivity index (χ2v) is 15.4. The zero-order valence-electron chi connectivity index (χ0n) is 31.0. The normalized spacial score (nSPS) is 24.6. The average molecular weight is 730 g/mol. The van der Waals surface area contributed by atoms with Gasteiger partial charge in [0.05, 0.1) is 31.6 Å². The van der Waals surface area contributed by atoms with Crippen molar-refractivity contribution in [1.29, 1.82) is 0 Å². The largest absolute Gasteiger partial charge is 0.504 e. The highest BCUT2D eigenvalue weighted by Gasteiger charge is 2.37. The Balaban J connectivity index is 1.32. The van der Waals surface area contributed by atoms with Gasteiger partial charge in [-0.25, -0.2) is 0 Å². The fourth-order valence-corrected chi connectivity index (χ4v) is 8.71. The second-order valence-electron chi connectivity index (χ2n) is 15.4. The Kier molecular flexibility index (Phi) is 10.6. The number of phenolic OH excluding ortho intramolecular Hbond substituents is 1. The first-order valence-electron chi connectivity index (χ1n) is 19.5. The van der Waals surface area contributed by atoms with E-state index in [1.165, 1.54) is 11.1 Å². The molecule has 4 atom stereocenters. The Hall–Kier alpha value is -4.56. The molecule has 4 aliphatic heterocycles. The fraction of sp³-hybridized carbons (Fsp3) is 0.422. The molecule has 0 amide bonds. The van der Waals surface area contributed by atoms with Crippen LogP contribution in [-0.2, 0) is 34.5 Å². The maximum atomic E-state index is 11.3. The second kappa shape index (κ2) is 15.7. The van der Waals surface area contributed by atoms with Crippen LogP contribution in [0, 0.1) is 17.8 Å². The minimum absolute atomic E-state index is 0.0308. The summed E-state index contributed by atoms with van der Waals surface area (Å²) in [5.41, 5.74) is 13.0. The number of nitrogens with two attached hydrogens (primary N) is 1. The van der Waals surface area contributed by atoms with E-state index in [2.05, 4.69) is 83.5 Å². The van der Waals surface area contributed by atoms with Crippen LogP contribution in [0.1, 0.15) is 79.7 Å². The van der Waals surface area contributed by atoms with Crippen LogP contribution in [0.4, 0.5) is 0 Å². The summed E-state index contributed by atoms with van der Waals surface area (Å²) in [7, 11) is 0. The van der Waals surface area contributed by atoms with Gasteiger partial charge in [-0.3, -0.25) is 0 Å². The molecule has 1 fully saturated rings. The number of aliphatic hydroxyl groups excluding tert-OH is 2. The first-order chi connectivity index (χ1) is 26.3. The molecule has 3 aromatic carbocycles. The third-order valence-electron chi connectivity index (χ3n) is 11.8. The molecular formula is C45H51N3O6. The molecule has 0 radical (unpaired) electrons. The monoisotopic (exact) mass is 729 g/mol. The molecule has 282 valence electrons. The number of ether oxygens (including phenoxy) is 3. The van der Waals surface area contributed by atoms with Gasteiger partial charge >= 0.3 is 0 Å². The molecule has 8 rings (SSSR count). The Morgan fingerprint density at radius 3 is 2.63 bits per heavy atom. The van der Waals surface area contributed by atoms with E-state index in [0.29, 0.717) is 50.4 Å². The van der Waals surface area contributed by atoms with E-state index >= 15 is 0 Å². The maximum absolute atomic E-state index is 11.3. The summed E-state index contributed by atoms with van der Waals surface area (Å²) >= 11 is 0. The summed E-state index contributed by atoms with van der Waals surface area (Å²) in [6, 6.07) is 18.7. The third-order valence-corrected chi connectivity index (χ3v) is 11.8. The number of hydrogen-bond donors (Lipinski definition) is 5. The van der Waals surface area contributed by atoms with Crippen molar-refractivity contribution in [3.63, 3.8) is 0 Å². The number of benzene rings is 3. The van der Waals surface area contributed by atoms with Gasteiger partial charge in [-0.15, -0.1) is 0 Å². The van der Waals surface area contributed by atoms with Crippen LogP contribution in [0.2, 0.25) is 0 Å². The molecule has 0 aliphatic carbocycles. The Morgan fingerprint density at radius 1 is 0.981 bits per heavy atom. The quantitative estimate of drug-likeness (QED) is 0.153. The van der Waals surface area contributed by atoms with Gasteiger partial charge in [0.1, 0.15) is 12.4 Å². The van der Waals surface area contributed by atoms with Crippen molar-refractivity contribution in [2.45, 2.75) is 95.3 Å². The summed E-state index contributed by atoms with van der Waals surface area (Å²) in [5, 5.41) is 38.3. The highest BCUT2D eigenvalue weighted by atomic mass is 16.5. The number of hydrogen-bond acceptors (Lipinski definition) is 8. The van der Waals surface area contributed by atoms with Crippen molar-refractivity contribution in [2.24, 2.45) is 11.7 Å². The van der Waals surface area contributed by atoms with E-state index in [1.54, 1.807) is 6.07 Å². The summed E-state index contributed by atoms with van der Waals surface area (Å²) < 4.78 is 21.2. The summed E-state index contributed by atoms with van der Waals surface area (Å²) in [6.07, 6.45) is 10.8. The van der Waals surface area contributed by atoms with Gasteiger partial charge < -0.3 is 45.1 Å². The molecule has 4 aromatic rings.